The van der Waals surface area contributed by atoms with Crippen molar-refractivity contribution in [2.24, 2.45) is 0 Å². The molecular formula is C17H23N3O3. The molecule has 124 valence electrons. The van der Waals surface area contributed by atoms with Gasteiger partial charge in [0.25, 0.3) is 0 Å². The number of benzene rings is 1. The fourth-order valence-electron chi connectivity index (χ4n) is 3.34. The molecule has 1 fully saturated rings. The standard InChI is InChI=1S/C17H23N3O3/c1-12-8-9-13(2)19(12)10-15(21)11-20-16(18-23-17(20)22)14-6-4-3-5-7-14/h3-7,12-13,15,21H,8-11H2,1-2H3. The first-order valence-electron chi connectivity index (χ1n) is 8.12. The minimum atomic E-state index is -0.641. The van der Waals surface area contributed by atoms with E-state index in [0.717, 1.165) is 18.4 Å². The van der Waals surface area contributed by atoms with Gasteiger partial charge in [-0.15, -0.1) is 0 Å². The molecule has 1 N–H and O–H groups in total. The van der Waals surface area contributed by atoms with E-state index in [1.165, 1.54) is 4.57 Å². The second kappa shape index (κ2) is 6.68. The minimum absolute atomic E-state index is 0.183. The number of aliphatic hydroxyl groups is 1. The van der Waals surface area contributed by atoms with E-state index in [-0.39, 0.29) is 6.54 Å². The molecule has 3 rings (SSSR count). The Morgan fingerprint density at radius 3 is 2.52 bits per heavy atom. The maximum atomic E-state index is 11.9. The van der Waals surface area contributed by atoms with Crippen molar-refractivity contribution >= 4 is 0 Å². The van der Waals surface area contributed by atoms with Crippen molar-refractivity contribution in [3.63, 3.8) is 0 Å². The summed E-state index contributed by atoms with van der Waals surface area (Å²) in [6.45, 7) is 5.09. The topological polar surface area (TPSA) is 71.5 Å². The van der Waals surface area contributed by atoms with Gasteiger partial charge in [0.1, 0.15) is 0 Å². The highest BCUT2D eigenvalue weighted by atomic mass is 16.5. The molecule has 2 heterocycles. The Labute approximate surface area is 135 Å². The van der Waals surface area contributed by atoms with Crippen molar-refractivity contribution in [1.82, 2.24) is 14.6 Å². The van der Waals surface area contributed by atoms with Crippen molar-refractivity contribution in [3.05, 3.63) is 40.9 Å². The van der Waals surface area contributed by atoms with Crippen LogP contribution in [0.25, 0.3) is 11.4 Å². The summed E-state index contributed by atoms with van der Waals surface area (Å²) in [4.78, 5) is 14.2. The molecule has 0 aliphatic carbocycles. The Bertz CT molecular complexity index is 685. The lowest BCUT2D eigenvalue weighted by Gasteiger charge is -2.28. The van der Waals surface area contributed by atoms with Crippen molar-refractivity contribution in [3.8, 4) is 11.4 Å². The van der Waals surface area contributed by atoms with Crippen LogP contribution in [0.3, 0.4) is 0 Å². The number of aromatic nitrogens is 2. The van der Waals surface area contributed by atoms with Crippen LogP contribution in [-0.2, 0) is 6.54 Å². The van der Waals surface area contributed by atoms with Gasteiger partial charge in [-0.2, -0.15) is 0 Å². The summed E-state index contributed by atoms with van der Waals surface area (Å²) in [7, 11) is 0. The predicted molar refractivity (Wildman–Crippen MR) is 87.1 cm³/mol. The van der Waals surface area contributed by atoms with Crippen LogP contribution in [0.1, 0.15) is 26.7 Å². The Hall–Kier alpha value is -1.92. The van der Waals surface area contributed by atoms with Gasteiger partial charge in [-0.25, -0.2) is 4.79 Å². The molecular weight excluding hydrogens is 294 g/mol. The Morgan fingerprint density at radius 1 is 1.22 bits per heavy atom. The van der Waals surface area contributed by atoms with Gasteiger partial charge in [0, 0.05) is 24.2 Å². The summed E-state index contributed by atoms with van der Waals surface area (Å²) in [6.07, 6.45) is 1.66. The van der Waals surface area contributed by atoms with Gasteiger partial charge in [-0.1, -0.05) is 35.5 Å². The second-order valence-electron chi connectivity index (χ2n) is 6.37. The molecule has 2 aromatic rings. The number of hydrogen-bond acceptors (Lipinski definition) is 5. The second-order valence-corrected chi connectivity index (χ2v) is 6.37. The lowest BCUT2D eigenvalue weighted by atomic mass is 10.2. The molecule has 1 aromatic carbocycles. The van der Waals surface area contributed by atoms with Gasteiger partial charge in [0.15, 0.2) is 5.82 Å². The van der Waals surface area contributed by atoms with Gasteiger partial charge in [0.2, 0.25) is 0 Å². The summed E-state index contributed by atoms with van der Waals surface area (Å²) < 4.78 is 6.20. The van der Waals surface area contributed by atoms with Gasteiger partial charge < -0.3 is 5.11 Å². The van der Waals surface area contributed by atoms with E-state index < -0.39 is 11.9 Å². The van der Waals surface area contributed by atoms with Crippen molar-refractivity contribution in [1.29, 1.82) is 0 Å². The van der Waals surface area contributed by atoms with Crippen molar-refractivity contribution in [2.45, 2.75) is 51.4 Å². The molecule has 0 radical (unpaired) electrons. The van der Waals surface area contributed by atoms with Crippen molar-refractivity contribution in [2.75, 3.05) is 6.54 Å². The van der Waals surface area contributed by atoms with Crippen LogP contribution < -0.4 is 5.76 Å². The molecule has 23 heavy (non-hydrogen) atoms. The van der Waals surface area contributed by atoms with Gasteiger partial charge in [-0.3, -0.25) is 14.0 Å². The molecule has 6 heteroatoms. The van der Waals surface area contributed by atoms with Gasteiger partial charge in [0.05, 0.1) is 12.6 Å². The lowest BCUT2D eigenvalue weighted by Crippen LogP contribution is -2.41. The predicted octanol–water partition coefficient (Wildman–Crippen LogP) is 1.74. The number of hydrogen-bond donors (Lipinski definition) is 1. The van der Waals surface area contributed by atoms with Gasteiger partial charge >= 0.3 is 5.76 Å². The van der Waals surface area contributed by atoms with Crippen LogP contribution >= 0.6 is 0 Å². The van der Waals surface area contributed by atoms with E-state index in [0.29, 0.717) is 24.5 Å². The quantitative estimate of drug-likeness (QED) is 0.909. The molecule has 1 saturated heterocycles. The van der Waals surface area contributed by atoms with Crippen LogP contribution in [0.5, 0.6) is 0 Å². The van der Waals surface area contributed by atoms with E-state index in [1.54, 1.807) is 0 Å². The normalized spacial score (nSPS) is 23.3. The maximum Gasteiger partial charge on any atom is 0.441 e. The third-order valence-electron chi connectivity index (χ3n) is 4.67. The van der Waals surface area contributed by atoms with Crippen molar-refractivity contribution < 1.29 is 9.63 Å². The highest BCUT2D eigenvalue weighted by molar-refractivity contribution is 5.54. The van der Waals surface area contributed by atoms with Crippen LogP contribution in [0.4, 0.5) is 0 Å². The monoisotopic (exact) mass is 317 g/mol. The summed E-state index contributed by atoms with van der Waals surface area (Å²) in [5.41, 5.74) is 0.799. The van der Waals surface area contributed by atoms with Gasteiger partial charge in [-0.05, 0) is 26.7 Å². The number of β-amino-alcohol motifs (C(OH)–C–C–N with tert-alkyl or cyclic N) is 1. The van der Waals surface area contributed by atoms with Crippen LogP contribution in [0.2, 0.25) is 0 Å². The van der Waals surface area contributed by atoms with E-state index in [2.05, 4.69) is 23.9 Å². The van der Waals surface area contributed by atoms with Crippen LogP contribution in [-0.4, -0.2) is 44.5 Å². The first kappa shape index (κ1) is 16.0. The third kappa shape index (κ3) is 3.38. The van der Waals surface area contributed by atoms with E-state index >= 15 is 0 Å². The fourth-order valence-corrected chi connectivity index (χ4v) is 3.34. The number of likely N-dealkylation sites (tertiary alicyclic amines) is 1. The molecule has 0 bridgehead atoms. The maximum absolute atomic E-state index is 11.9. The molecule has 0 spiro atoms. The zero-order valence-corrected chi connectivity index (χ0v) is 13.6. The smallest absolute Gasteiger partial charge is 0.390 e. The molecule has 1 aliphatic heterocycles. The lowest BCUT2D eigenvalue weighted by molar-refractivity contribution is 0.0780. The Balaban J connectivity index is 1.75. The zero-order chi connectivity index (χ0) is 16.4. The largest absolute Gasteiger partial charge is 0.441 e. The highest BCUT2D eigenvalue weighted by Crippen LogP contribution is 2.23. The first-order chi connectivity index (χ1) is 11.1. The molecule has 0 amide bonds. The molecule has 1 aliphatic rings. The Morgan fingerprint density at radius 2 is 1.87 bits per heavy atom. The molecule has 6 nitrogen and oxygen atoms in total. The summed E-state index contributed by atoms with van der Waals surface area (Å²) in [5, 5.41) is 14.3. The zero-order valence-electron chi connectivity index (χ0n) is 13.6. The summed E-state index contributed by atoms with van der Waals surface area (Å²) in [5.74, 6) is -0.0809. The van der Waals surface area contributed by atoms with E-state index in [9.17, 15) is 9.90 Å². The number of aliphatic hydroxyl groups excluding tert-OH is 1. The van der Waals surface area contributed by atoms with E-state index in [1.807, 2.05) is 30.3 Å². The minimum Gasteiger partial charge on any atom is -0.390 e. The molecule has 1 aromatic heterocycles. The SMILES string of the molecule is CC1CCC(C)N1CC(O)Cn1c(-c2ccccc2)noc1=O. The molecule has 0 saturated carbocycles. The third-order valence-corrected chi connectivity index (χ3v) is 4.67. The average Bonchev–Trinajstić information content (AvgIpc) is 3.06. The summed E-state index contributed by atoms with van der Waals surface area (Å²) in [6, 6.07) is 10.3. The van der Waals surface area contributed by atoms with E-state index in [4.69, 9.17) is 4.52 Å². The van der Waals surface area contributed by atoms with Crippen LogP contribution in [0.15, 0.2) is 39.6 Å². The number of nitrogens with zero attached hydrogens (tertiary/aromatic N) is 3. The highest BCUT2D eigenvalue weighted by Gasteiger charge is 2.29. The molecule has 3 atom stereocenters. The van der Waals surface area contributed by atoms with Crippen LogP contribution in [0, 0.1) is 0 Å². The fraction of sp³-hybridized carbons (Fsp3) is 0.529. The first-order valence-corrected chi connectivity index (χ1v) is 8.12. The number of rotatable bonds is 5. The Kier molecular flexibility index (Phi) is 4.63. The summed E-state index contributed by atoms with van der Waals surface area (Å²) >= 11 is 0. The molecule has 3 unspecified atom stereocenters. The average molecular weight is 317 g/mol.